The van der Waals surface area contributed by atoms with Crippen molar-refractivity contribution < 1.29 is 4.79 Å². The average molecular weight is 267 g/mol. The molecule has 2 atom stereocenters. The summed E-state index contributed by atoms with van der Waals surface area (Å²) in [5, 5.41) is 0.670. The Morgan fingerprint density at radius 3 is 3.06 bits per heavy atom. The molecule has 0 unspecified atom stereocenters. The maximum absolute atomic E-state index is 12.3. The van der Waals surface area contributed by atoms with Gasteiger partial charge in [0, 0.05) is 23.7 Å². The van der Waals surface area contributed by atoms with Gasteiger partial charge in [-0.2, -0.15) is 0 Å². The summed E-state index contributed by atoms with van der Waals surface area (Å²) in [4.78, 5) is 14.2. The molecule has 0 bridgehead atoms. The Hall–Kier alpha value is -1.06. The number of carbonyl (C=O) groups is 1. The number of amides is 1. The van der Waals surface area contributed by atoms with Gasteiger partial charge in [-0.1, -0.05) is 23.7 Å². The number of carbonyl (C=O) groups excluding carboxylic acids is 1. The van der Waals surface area contributed by atoms with E-state index in [1.54, 1.807) is 0 Å². The minimum Gasteiger partial charge on any atom is -0.338 e. The Morgan fingerprint density at radius 1 is 1.56 bits per heavy atom. The van der Waals surface area contributed by atoms with Crippen LogP contribution in [0.4, 0.5) is 0 Å². The van der Waals surface area contributed by atoms with Crippen LogP contribution in [0.25, 0.3) is 0 Å². The van der Waals surface area contributed by atoms with Gasteiger partial charge in [0.2, 0.25) is 5.91 Å². The van der Waals surface area contributed by atoms with Crippen molar-refractivity contribution >= 4 is 17.5 Å². The molecule has 98 valence electrons. The lowest BCUT2D eigenvalue weighted by Crippen LogP contribution is -2.53. The van der Waals surface area contributed by atoms with Crippen LogP contribution in [0.5, 0.6) is 0 Å². The van der Waals surface area contributed by atoms with Crippen LogP contribution in [0, 0.1) is 0 Å². The zero-order valence-corrected chi connectivity index (χ0v) is 11.4. The average Bonchev–Trinajstić information content (AvgIpc) is 2.32. The van der Waals surface area contributed by atoms with Gasteiger partial charge in [0.25, 0.3) is 0 Å². The standard InChI is InChI=1S/C14H19ClN2O/c1-10-13(16)6-3-7-17(10)14(18)9-11-4-2-5-12(15)8-11/h2,4-5,8,10,13H,3,6-7,9,16H2,1H3/t10-,13-/m1/s1. The molecular formula is C14H19ClN2O. The van der Waals surface area contributed by atoms with Crippen LogP contribution in [-0.4, -0.2) is 29.4 Å². The van der Waals surface area contributed by atoms with Gasteiger partial charge >= 0.3 is 0 Å². The number of nitrogens with zero attached hydrogens (tertiary/aromatic N) is 1. The summed E-state index contributed by atoms with van der Waals surface area (Å²) < 4.78 is 0. The second kappa shape index (κ2) is 5.72. The summed E-state index contributed by atoms with van der Waals surface area (Å²) >= 11 is 5.92. The summed E-state index contributed by atoms with van der Waals surface area (Å²) in [7, 11) is 0. The Balaban J connectivity index is 2.03. The van der Waals surface area contributed by atoms with E-state index in [4.69, 9.17) is 17.3 Å². The van der Waals surface area contributed by atoms with E-state index in [9.17, 15) is 4.79 Å². The van der Waals surface area contributed by atoms with Crippen LogP contribution in [0.1, 0.15) is 25.3 Å². The SMILES string of the molecule is C[C@@H]1[C@H](N)CCCN1C(=O)Cc1cccc(Cl)c1. The summed E-state index contributed by atoms with van der Waals surface area (Å²) in [6.07, 6.45) is 2.40. The van der Waals surface area contributed by atoms with Gasteiger partial charge in [-0.25, -0.2) is 0 Å². The number of likely N-dealkylation sites (tertiary alicyclic amines) is 1. The largest absolute Gasteiger partial charge is 0.338 e. The van der Waals surface area contributed by atoms with Crippen molar-refractivity contribution in [3.63, 3.8) is 0 Å². The van der Waals surface area contributed by atoms with E-state index in [0.29, 0.717) is 11.4 Å². The Labute approximate surface area is 113 Å². The monoisotopic (exact) mass is 266 g/mol. The van der Waals surface area contributed by atoms with Crippen molar-refractivity contribution in [2.24, 2.45) is 5.73 Å². The van der Waals surface area contributed by atoms with E-state index in [1.807, 2.05) is 36.1 Å². The fourth-order valence-corrected chi connectivity index (χ4v) is 2.66. The van der Waals surface area contributed by atoms with Gasteiger partial charge in [-0.05, 0) is 37.5 Å². The van der Waals surface area contributed by atoms with E-state index in [1.165, 1.54) is 0 Å². The number of halogens is 1. The van der Waals surface area contributed by atoms with Gasteiger partial charge in [0.15, 0.2) is 0 Å². The minimum absolute atomic E-state index is 0.0991. The Bertz CT molecular complexity index is 436. The van der Waals surface area contributed by atoms with Crippen LogP contribution in [0.2, 0.25) is 5.02 Å². The molecule has 1 saturated heterocycles. The molecule has 0 aliphatic carbocycles. The van der Waals surface area contributed by atoms with Crippen molar-refractivity contribution in [1.82, 2.24) is 4.90 Å². The molecule has 1 aromatic rings. The third kappa shape index (κ3) is 3.03. The molecule has 1 aliphatic heterocycles. The smallest absolute Gasteiger partial charge is 0.227 e. The molecule has 1 aliphatic rings. The van der Waals surface area contributed by atoms with E-state index in [-0.39, 0.29) is 18.0 Å². The summed E-state index contributed by atoms with van der Waals surface area (Å²) in [6.45, 7) is 2.84. The molecular weight excluding hydrogens is 248 g/mol. The number of piperidine rings is 1. The van der Waals surface area contributed by atoms with Crippen LogP contribution in [-0.2, 0) is 11.2 Å². The molecule has 0 radical (unpaired) electrons. The molecule has 1 aromatic carbocycles. The van der Waals surface area contributed by atoms with Crippen molar-refractivity contribution in [1.29, 1.82) is 0 Å². The first-order valence-electron chi connectivity index (χ1n) is 6.37. The summed E-state index contributed by atoms with van der Waals surface area (Å²) in [5.41, 5.74) is 6.97. The second-order valence-corrected chi connectivity index (χ2v) is 5.38. The van der Waals surface area contributed by atoms with E-state index in [2.05, 4.69) is 0 Å². The lowest BCUT2D eigenvalue weighted by Gasteiger charge is -2.37. The lowest BCUT2D eigenvalue weighted by molar-refractivity contribution is -0.134. The maximum Gasteiger partial charge on any atom is 0.227 e. The molecule has 3 nitrogen and oxygen atoms in total. The highest BCUT2D eigenvalue weighted by Gasteiger charge is 2.28. The first kappa shape index (κ1) is 13.4. The van der Waals surface area contributed by atoms with Crippen LogP contribution in [0.3, 0.4) is 0 Å². The van der Waals surface area contributed by atoms with Gasteiger partial charge < -0.3 is 10.6 Å². The summed E-state index contributed by atoms with van der Waals surface area (Å²) in [6, 6.07) is 7.69. The predicted molar refractivity (Wildman–Crippen MR) is 73.5 cm³/mol. The first-order valence-corrected chi connectivity index (χ1v) is 6.75. The molecule has 2 rings (SSSR count). The maximum atomic E-state index is 12.3. The molecule has 0 saturated carbocycles. The van der Waals surface area contributed by atoms with Crippen molar-refractivity contribution in [2.75, 3.05) is 6.54 Å². The zero-order valence-electron chi connectivity index (χ0n) is 10.6. The van der Waals surface area contributed by atoms with Crippen LogP contribution < -0.4 is 5.73 Å². The number of hydrogen-bond donors (Lipinski definition) is 1. The van der Waals surface area contributed by atoms with Crippen molar-refractivity contribution in [3.8, 4) is 0 Å². The number of nitrogens with two attached hydrogens (primary N) is 1. The van der Waals surface area contributed by atoms with Gasteiger partial charge in [0.05, 0.1) is 6.42 Å². The highest BCUT2D eigenvalue weighted by molar-refractivity contribution is 6.30. The molecule has 18 heavy (non-hydrogen) atoms. The first-order chi connectivity index (χ1) is 8.58. The molecule has 4 heteroatoms. The number of rotatable bonds is 2. The molecule has 1 amide bonds. The highest BCUT2D eigenvalue weighted by atomic mass is 35.5. The Kier molecular flexibility index (Phi) is 4.25. The quantitative estimate of drug-likeness (QED) is 0.892. The highest BCUT2D eigenvalue weighted by Crippen LogP contribution is 2.18. The van der Waals surface area contributed by atoms with Gasteiger partial charge in [-0.15, -0.1) is 0 Å². The van der Waals surface area contributed by atoms with Crippen molar-refractivity contribution in [3.05, 3.63) is 34.9 Å². The third-order valence-corrected chi connectivity index (χ3v) is 3.85. The molecule has 1 heterocycles. The van der Waals surface area contributed by atoms with E-state index < -0.39 is 0 Å². The fourth-order valence-electron chi connectivity index (χ4n) is 2.45. The summed E-state index contributed by atoms with van der Waals surface area (Å²) in [5.74, 6) is 0.139. The zero-order chi connectivity index (χ0) is 13.1. The van der Waals surface area contributed by atoms with E-state index in [0.717, 1.165) is 24.9 Å². The second-order valence-electron chi connectivity index (χ2n) is 4.94. The normalized spacial score (nSPS) is 24.1. The van der Waals surface area contributed by atoms with Gasteiger partial charge in [-0.3, -0.25) is 4.79 Å². The van der Waals surface area contributed by atoms with Crippen LogP contribution in [0.15, 0.2) is 24.3 Å². The molecule has 2 N–H and O–H groups in total. The number of hydrogen-bond acceptors (Lipinski definition) is 2. The molecule has 1 fully saturated rings. The van der Waals surface area contributed by atoms with Crippen molar-refractivity contribution in [2.45, 2.75) is 38.3 Å². The Morgan fingerprint density at radius 2 is 2.33 bits per heavy atom. The topological polar surface area (TPSA) is 46.3 Å². The lowest BCUT2D eigenvalue weighted by atomic mass is 9.97. The fraction of sp³-hybridized carbons (Fsp3) is 0.500. The molecule has 0 spiro atoms. The van der Waals surface area contributed by atoms with E-state index >= 15 is 0 Å². The third-order valence-electron chi connectivity index (χ3n) is 3.61. The van der Waals surface area contributed by atoms with Crippen LogP contribution >= 0.6 is 11.6 Å². The minimum atomic E-state index is 0.0991. The predicted octanol–water partition coefficient (Wildman–Crippen LogP) is 2.22. The van der Waals surface area contributed by atoms with Gasteiger partial charge in [0.1, 0.15) is 0 Å². The molecule has 0 aromatic heterocycles. The number of benzene rings is 1.